The summed E-state index contributed by atoms with van der Waals surface area (Å²) in [5.41, 5.74) is 1.70. The van der Waals surface area contributed by atoms with Gasteiger partial charge in [0.05, 0.1) is 19.8 Å². The van der Waals surface area contributed by atoms with Gasteiger partial charge in [0.15, 0.2) is 17.3 Å². The highest BCUT2D eigenvalue weighted by Gasteiger charge is 2.36. The number of amides is 1. The van der Waals surface area contributed by atoms with Crippen LogP contribution in [-0.4, -0.2) is 54.4 Å². The van der Waals surface area contributed by atoms with Gasteiger partial charge in [0.25, 0.3) is 5.91 Å². The van der Waals surface area contributed by atoms with Crippen LogP contribution in [0.5, 0.6) is 23.0 Å². The predicted octanol–water partition coefficient (Wildman–Crippen LogP) is 4.83. The lowest BCUT2D eigenvalue weighted by atomic mass is 10.1. The summed E-state index contributed by atoms with van der Waals surface area (Å²) in [6.45, 7) is 0.643. The summed E-state index contributed by atoms with van der Waals surface area (Å²) in [5.74, 6) is 1.97. The Morgan fingerprint density at radius 2 is 1.63 bits per heavy atom. The number of fused-ring (bicyclic) bond motifs is 1. The second-order valence-electron chi connectivity index (χ2n) is 8.07. The quantitative estimate of drug-likeness (QED) is 0.313. The highest BCUT2D eigenvalue weighted by Crippen LogP contribution is 2.33. The lowest BCUT2D eigenvalue weighted by molar-refractivity contribution is -0.114. The van der Waals surface area contributed by atoms with Gasteiger partial charge in [0, 0.05) is 5.56 Å². The van der Waals surface area contributed by atoms with Crippen molar-refractivity contribution in [1.82, 2.24) is 5.01 Å². The molecular formula is C28H24N4O5S. The lowest BCUT2D eigenvalue weighted by Gasteiger charge is -2.20. The SMILES string of the molecule is COc1ccc(OCCOc2ccc(/C=C3/C(=N)N4N=C(c5ccccc5)SC4=NC3=O)cc2OC)cc1. The van der Waals surface area contributed by atoms with Crippen molar-refractivity contribution in [2.24, 2.45) is 10.1 Å². The fraction of sp³-hybridized carbons (Fsp3) is 0.143. The number of carbonyl (C=O) groups excluding carboxylic acids is 1. The maximum Gasteiger partial charge on any atom is 0.283 e. The zero-order chi connectivity index (χ0) is 26.5. The first kappa shape index (κ1) is 25.1. The number of aliphatic imine (C=N–C) groups is 1. The third-order valence-electron chi connectivity index (χ3n) is 5.64. The summed E-state index contributed by atoms with van der Waals surface area (Å²) < 4.78 is 22.2. The first-order chi connectivity index (χ1) is 18.6. The average molecular weight is 529 g/mol. The molecule has 5 rings (SSSR count). The highest BCUT2D eigenvalue weighted by atomic mass is 32.2. The van der Waals surface area contributed by atoms with Crippen LogP contribution in [0.25, 0.3) is 6.08 Å². The molecule has 0 saturated heterocycles. The molecule has 1 amide bonds. The minimum atomic E-state index is -0.492. The smallest absolute Gasteiger partial charge is 0.283 e. The van der Waals surface area contributed by atoms with Gasteiger partial charge < -0.3 is 18.9 Å². The van der Waals surface area contributed by atoms with E-state index < -0.39 is 5.91 Å². The van der Waals surface area contributed by atoms with Gasteiger partial charge in [0.1, 0.15) is 29.8 Å². The number of nitrogens with one attached hydrogen (secondary N) is 1. The predicted molar refractivity (Wildman–Crippen MR) is 148 cm³/mol. The number of hydrogen-bond donors (Lipinski definition) is 1. The highest BCUT2D eigenvalue weighted by molar-refractivity contribution is 8.27. The third-order valence-corrected chi connectivity index (χ3v) is 6.60. The number of rotatable bonds is 9. The summed E-state index contributed by atoms with van der Waals surface area (Å²) >= 11 is 1.27. The topological polar surface area (TPSA) is 106 Å². The molecule has 0 aromatic heterocycles. The molecule has 0 radical (unpaired) electrons. The van der Waals surface area contributed by atoms with E-state index in [1.165, 1.54) is 16.8 Å². The first-order valence-corrected chi connectivity index (χ1v) is 12.5. The zero-order valence-corrected chi connectivity index (χ0v) is 21.5. The van der Waals surface area contributed by atoms with Gasteiger partial charge in [-0.1, -0.05) is 36.4 Å². The lowest BCUT2D eigenvalue weighted by Crippen LogP contribution is -2.35. The molecule has 0 spiro atoms. The minimum absolute atomic E-state index is 0.0339. The van der Waals surface area contributed by atoms with Crippen molar-refractivity contribution in [2.45, 2.75) is 0 Å². The number of carbonyl (C=O) groups is 1. The van der Waals surface area contributed by atoms with Crippen LogP contribution in [0.4, 0.5) is 0 Å². The van der Waals surface area contributed by atoms with Gasteiger partial charge in [-0.15, -0.1) is 0 Å². The van der Waals surface area contributed by atoms with E-state index in [0.29, 0.717) is 46.2 Å². The molecule has 0 bridgehead atoms. The van der Waals surface area contributed by atoms with E-state index in [1.807, 2.05) is 54.6 Å². The molecule has 2 aliphatic heterocycles. The molecule has 3 aromatic carbocycles. The number of ether oxygens (including phenoxy) is 4. The van der Waals surface area contributed by atoms with Crippen LogP contribution in [0, 0.1) is 5.41 Å². The summed E-state index contributed by atoms with van der Waals surface area (Å²) in [5, 5.41) is 15.6. The van der Waals surface area contributed by atoms with Crippen molar-refractivity contribution in [1.29, 1.82) is 5.41 Å². The van der Waals surface area contributed by atoms with Gasteiger partial charge in [-0.05, 0) is 59.8 Å². The Bertz CT molecular complexity index is 1450. The Morgan fingerprint density at radius 3 is 2.37 bits per heavy atom. The van der Waals surface area contributed by atoms with Gasteiger partial charge in [-0.25, -0.2) is 0 Å². The van der Waals surface area contributed by atoms with E-state index in [2.05, 4.69) is 10.1 Å². The van der Waals surface area contributed by atoms with Crippen molar-refractivity contribution in [2.75, 3.05) is 27.4 Å². The fourth-order valence-corrected chi connectivity index (χ4v) is 4.63. The van der Waals surface area contributed by atoms with Crippen LogP contribution in [0.3, 0.4) is 0 Å². The van der Waals surface area contributed by atoms with Gasteiger partial charge in [-0.2, -0.15) is 15.1 Å². The molecule has 0 fully saturated rings. The maximum atomic E-state index is 12.8. The second-order valence-corrected chi connectivity index (χ2v) is 9.03. The fourth-order valence-electron chi connectivity index (χ4n) is 3.73. The van der Waals surface area contributed by atoms with E-state index in [0.717, 1.165) is 11.3 Å². The molecule has 0 aliphatic carbocycles. The molecule has 9 nitrogen and oxygen atoms in total. The zero-order valence-electron chi connectivity index (χ0n) is 20.7. The largest absolute Gasteiger partial charge is 0.497 e. The van der Waals surface area contributed by atoms with E-state index in [1.54, 1.807) is 38.5 Å². The van der Waals surface area contributed by atoms with Gasteiger partial charge in [-0.3, -0.25) is 10.2 Å². The summed E-state index contributed by atoms with van der Waals surface area (Å²) in [6, 6.07) is 22.2. The van der Waals surface area contributed by atoms with Crippen molar-refractivity contribution in [3.63, 3.8) is 0 Å². The van der Waals surface area contributed by atoms with Crippen molar-refractivity contribution < 1.29 is 23.7 Å². The van der Waals surface area contributed by atoms with Crippen molar-refractivity contribution in [3.05, 3.63) is 89.5 Å². The van der Waals surface area contributed by atoms with Crippen LogP contribution in [0.2, 0.25) is 0 Å². The van der Waals surface area contributed by atoms with E-state index in [4.69, 9.17) is 24.4 Å². The summed E-state index contributed by atoms with van der Waals surface area (Å²) in [6.07, 6.45) is 1.60. The minimum Gasteiger partial charge on any atom is -0.497 e. The number of hydrogen-bond acceptors (Lipinski definition) is 8. The molecule has 3 aromatic rings. The monoisotopic (exact) mass is 528 g/mol. The van der Waals surface area contributed by atoms with Crippen molar-refractivity contribution in [3.8, 4) is 23.0 Å². The number of nitrogens with zero attached hydrogens (tertiary/aromatic N) is 3. The number of hydrazone groups is 1. The Balaban J connectivity index is 1.26. The molecule has 1 N–H and O–H groups in total. The van der Waals surface area contributed by atoms with Crippen LogP contribution < -0.4 is 18.9 Å². The normalized spacial score (nSPS) is 15.6. The average Bonchev–Trinajstić information content (AvgIpc) is 3.39. The Morgan fingerprint density at radius 1 is 0.895 bits per heavy atom. The molecule has 2 heterocycles. The Hall–Kier alpha value is -4.57. The molecular weight excluding hydrogens is 504 g/mol. The van der Waals surface area contributed by atoms with E-state index >= 15 is 0 Å². The van der Waals surface area contributed by atoms with Crippen LogP contribution in [0.15, 0.2) is 88.5 Å². The standard InChI is InChI=1S/C28H24N4O5S/c1-34-20-9-11-21(12-10-20)36-14-15-37-23-13-8-18(17-24(23)35-2)16-22-25(29)32-28(30-26(22)33)38-27(31-32)19-6-4-3-5-7-19/h3-13,16-17,29H,14-15H2,1-2H3/b22-16-,29-25?. The first-order valence-electron chi connectivity index (χ1n) is 11.7. The molecule has 2 aliphatic rings. The van der Waals surface area contributed by atoms with E-state index in [9.17, 15) is 4.79 Å². The molecule has 0 saturated carbocycles. The number of methoxy groups -OCH3 is 2. The number of thioether (sulfide) groups is 1. The van der Waals surface area contributed by atoms with Crippen molar-refractivity contribution >= 4 is 39.8 Å². The Labute approximate surface area is 223 Å². The molecule has 38 heavy (non-hydrogen) atoms. The molecule has 0 atom stereocenters. The van der Waals surface area contributed by atoms with Gasteiger partial charge in [0.2, 0.25) is 5.17 Å². The summed E-state index contributed by atoms with van der Waals surface area (Å²) in [7, 11) is 3.15. The van der Waals surface area contributed by atoms with Crippen LogP contribution in [-0.2, 0) is 4.79 Å². The number of benzene rings is 3. The Kier molecular flexibility index (Phi) is 7.41. The molecule has 10 heteroatoms. The summed E-state index contributed by atoms with van der Waals surface area (Å²) in [4.78, 5) is 16.9. The van der Waals surface area contributed by atoms with Crippen LogP contribution >= 0.6 is 11.8 Å². The molecule has 192 valence electrons. The number of amidine groups is 2. The maximum absolute atomic E-state index is 12.8. The molecule has 0 unspecified atom stereocenters. The van der Waals surface area contributed by atoms with Gasteiger partial charge >= 0.3 is 0 Å². The third kappa shape index (κ3) is 5.40. The van der Waals surface area contributed by atoms with Crippen LogP contribution in [0.1, 0.15) is 11.1 Å². The second kappa shape index (κ2) is 11.2. The van der Waals surface area contributed by atoms with E-state index in [-0.39, 0.29) is 11.4 Å².